The Morgan fingerprint density at radius 2 is 1.69 bits per heavy atom. The van der Waals surface area contributed by atoms with Crippen molar-refractivity contribution in [1.82, 2.24) is 24.4 Å². The van der Waals surface area contributed by atoms with E-state index in [-0.39, 0.29) is 23.0 Å². The molecule has 0 bridgehead atoms. The Balaban J connectivity index is 1.56. The largest absolute Gasteiger partial charge is 0.426 e. The molecule has 0 spiro atoms. The fraction of sp³-hybridized carbons (Fsp3) is 0.269. The minimum Gasteiger partial charge on any atom is -0.394 e. The van der Waals surface area contributed by atoms with Crippen molar-refractivity contribution in [3.05, 3.63) is 67.0 Å². The second-order valence-electron chi connectivity index (χ2n) is 8.97. The van der Waals surface area contributed by atoms with Crippen molar-refractivity contribution in [3.63, 3.8) is 0 Å². The Morgan fingerprint density at radius 3 is 2.26 bits per heavy atom. The number of aliphatic hydroxyl groups excluding tert-OH is 3. The number of amides is 1. The van der Waals surface area contributed by atoms with Gasteiger partial charge in [0.1, 0.15) is 18.3 Å². The highest BCUT2D eigenvalue weighted by Gasteiger charge is 2.44. The summed E-state index contributed by atoms with van der Waals surface area (Å²) in [5.74, 6) is 0.105. The standard InChI is InChI=1S/C26H27N7O6/c1-31(2)14-28-22-19-23(32(15-27-19)24-21(36)20(35)18(13-34)38-24)30-25(29-22)39-26(37)33(16-9-5-3-6-10-16)17-11-7-4-8-12-17/h3-12,14-15,18,20-21,24,34-36H,13H2,1-2H3/b28-14+/t18-,20?,21?,24-/m1/s1. The van der Waals surface area contributed by atoms with Gasteiger partial charge in [-0.15, -0.1) is 0 Å². The average Bonchev–Trinajstić information content (AvgIpc) is 3.48. The molecule has 2 aromatic heterocycles. The normalized spacial score (nSPS) is 20.9. The molecule has 1 saturated heterocycles. The van der Waals surface area contributed by atoms with E-state index in [9.17, 15) is 20.1 Å². The zero-order valence-corrected chi connectivity index (χ0v) is 21.1. The van der Waals surface area contributed by atoms with E-state index >= 15 is 0 Å². The molecule has 2 aromatic carbocycles. The number of carbonyl (C=O) groups is 1. The predicted octanol–water partition coefficient (Wildman–Crippen LogP) is 2.00. The first-order valence-electron chi connectivity index (χ1n) is 12.1. The summed E-state index contributed by atoms with van der Waals surface area (Å²) < 4.78 is 12.7. The highest BCUT2D eigenvalue weighted by Crippen LogP contribution is 2.34. The minimum atomic E-state index is -1.37. The summed E-state index contributed by atoms with van der Waals surface area (Å²) in [7, 11) is 3.55. The molecule has 202 valence electrons. The zero-order chi connectivity index (χ0) is 27.5. The number of ether oxygens (including phenoxy) is 2. The Hall–Kier alpha value is -4.43. The van der Waals surface area contributed by atoms with Crippen LogP contribution in [0.1, 0.15) is 6.23 Å². The first kappa shape index (κ1) is 26.2. The van der Waals surface area contributed by atoms with Gasteiger partial charge in [-0.05, 0) is 24.3 Å². The topological polar surface area (TPSA) is 159 Å². The van der Waals surface area contributed by atoms with Gasteiger partial charge in [0.15, 0.2) is 23.2 Å². The molecule has 1 aliphatic heterocycles. The monoisotopic (exact) mass is 533 g/mol. The third kappa shape index (κ3) is 5.28. The van der Waals surface area contributed by atoms with E-state index in [0.717, 1.165) is 0 Å². The summed E-state index contributed by atoms with van der Waals surface area (Å²) >= 11 is 0. The quantitative estimate of drug-likeness (QED) is 0.237. The van der Waals surface area contributed by atoms with Crippen molar-refractivity contribution in [1.29, 1.82) is 0 Å². The maximum Gasteiger partial charge on any atom is 0.426 e. The second kappa shape index (κ2) is 11.1. The molecular weight excluding hydrogens is 506 g/mol. The number of aliphatic hydroxyl groups is 3. The number of carbonyl (C=O) groups excluding carboxylic acids is 1. The van der Waals surface area contributed by atoms with Crippen LogP contribution in [0.25, 0.3) is 11.2 Å². The van der Waals surface area contributed by atoms with E-state index in [0.29, 0.717) is 11.4 Å². The van der Waals surface area contributed by atoms with Gasteiger partial charge >= 0.3 is 12.1 Å². The molecule has 1 fully saturated rings. The van der Waals surface area contributed by atoms with Crippen LogP contribution in [-0.2, 0) is 4.74 Å². The fourth-order valence-electron chi connectivity index (χ4n) is 4.12. The molecule has 3 N–H and O–H groups in total. The van der Waals surface area contributed by atoms with Gasteiger partial charge < -0.3 is 29.7 Å². The summed E-state index contributed by atoms with van der Waals surface area (Å²) in [4.78, 5) is 33.9. The minimum absolute atomic E-state index is 0.105. The Kier molecular flexibility index (Phi) is 7.47. The molecule has 0 aliphatic carbocycles. The molecule has 13 nitrogen and oxygen atoms in total. The van der Waals surface area contributed by atoms with Gasteiger partial charge in [0.25, 0.3) is 0 Å². The van der Waals surface area contributed by atoms with E-state index in [4.69, 9.17) is 9.47 Å². The van der Waals surface area contributed by atoms with Crippen LogP contribution in [-0.4, -0.2) is 91.2 Å². The summed E-state index contributed by atoms with van der Waals surface area (Å²) in [6, 6.07) is 17.6. The lowest BCUT2D eigenvalue weighted by Crippen LogP contribution is -2.33. The van der Waals surface area contributed by atoms with Crippen molar-refractivity contribution in [2.75, 3.05) is 25.6 Å². The maximum absolute atomic E-state index is 13.5. The highest BCUT2D eigenvalue weighted by molar-refractivity contribution is 5.97. The molecule has 1 aliphatic rings. The van der Waals surface area contributed by atoms with Crippen molar-refractivity contribution in [3.8, 4) is 6.01 Å². The van der Waals surface area contributed by atoms with Gasteiger partial charge in [0.2, 0.25) is 0 Å². The van der Waals surface area contributed by atoms with E-state index < -0.39 is 37.2 Å². The summed E-state index contributed by atoms with van der Waals surface area (Å²) in [6.07, 6.45) is -2.74. The van der Waals surface area contributed by atoms with Gasteiger partial charge in [-0.1, -0.05) is 36.4 Å². The second-order valence-corrected chi connectivity index (χ2v) is 8.97. The Bertz CT molecular complexity index is 1420. The molecule has 0 saturated carbocycles. The van der Waals surface area contributed by atoms with Crippen molar-refractivity contribution in [2.24, 2.45) is 4.99 Å². The van der Waals surface area contributed by atoms with Crippen LogP contribution in [0.3, 0.4) is 0 Å². The number of hydrogen-bond acceptors (Lipinski definition) is 10. The number of para-hydroxylation sites is 2. The maximum atomic E-state index is 13.5. The smallest absolute Gasteiger partial charge is 0.394 e. The lowest BCUT2D eigenvalue weighted by atomic mass is 10.1. The number of imidazole rings is 1. The van der Waals surface area contributed by atoms with Crippen LogP contribution in [0.2, 0.25) is 0 Å². The van der Waals surface area contributed by atoms with E-state index in [1.54, 1.807) is 67.5 Å². The SMILES string of the molecule is CN(C)/C=N/c1nc(OC(=O)N(c2ccccc2)c2ccccc2)nc2c1ncn2[C@@H]1O[C@H](CO)C(O)C1O. The predicted molar refractivity (Wildman–Crippen MR) is 141 cm³/mol. The average molecular weight is 534 g/mol. The number of rotatable bonds is 7. The number of hydrogen-bond donors (Lipinski definition) is 3. The van der Waals surface area contributed by atoms with Crippen LogP contribution >= 0.6 is 0 Å². The van der Waals surface area contributed by atoms with Crippen LogP contribution < -0.4 is 9.64 Å². The summed E-state index contributed by atoms with van der Waals surface area (Å²) in [5, 5.41) is 30.3. The van der Waals surface area contributed by atoms with E-state index in [1.807, 2.05) is 12.1 Å². The lowest BCUT2D eigenvalue weighted by Gasteiger charge is -2.21. The van der Waals surface area contributed by atoms with E-state index in [2.05, 4.69) is 19.9 Å². The third-order valence-electron chi connectivity index (χ3n) is 5.97. The van der Waals surface area contributed by atoms with Crippen molar-refractivity contribution in [2.45, 2.75) is 24.5 Å². The summed E-state index contributed by atoms with van der Waals surface area (Å²) in [5.41, 5.74) is 1.52. The highest BCUT2D eigenvalue weighted by atomic mass is 16.6. The summed E-state index contributed by atoms with van der Waals surface area (Å²) in [6.45, 7) is -0.494. The van der Waals surface area contributed by atoms with Crippen LogP contribution in [0.5, 0.6) is 6.01 Å². The van der Waals surface area contributed by atoms with Gasteiger partial charge in [-0.3, -0.25) is 4.57 Å². The number of fused-ring (bicyclic) bond motifs is 1. The first-order chi connectivity index (χ1) is 18.9. The number of anilines is 2. The van der Waals surface area contributed by atoms with Gasteiger partial charge in [0.05, 0.1) is 30.6 Å². The molecule has 3 heterocycles. The van der Waals surface area contributed by atoms with Crippen LogP contribution in [0, 0.1) is 0 Å². The Morgan fingerprint density at radius 1 is 1.05 bits per heavy atom. The molecule has 13 heteroatoms. The zero-order valence-electron chi connectivity index (χ0n) is 21.1. The molecule has 39 heavy (non-hydrogen) atoms. The number of nitrogens with zero attached hydrogens (tertiary/aromatic N) is 7. The Labute approximate surface area is 223 Å². The molecule has 0 radical (unpaired) electrons. The molecule has 5 rings (SSSR count). The van der Waals surface area contributed by atoms with Gasteiger partial charge in [0, 0.05) is 14.1 Å². The molecule has 1 amide bonds. The van der Waals surface area contributed by atoms with Crippen molar-refractivity contribution < 1.29 is 29.6 Å². The molecular formula is C26H27N7O6. The number of aliphatic imine (C=N–C) groups is 1. The van der Waals surface area contributed by atoms with Crippen LogP contribution in [0.4, 0.5) is 22.0 Å². The van der Waals surface area contributed by atoms with E-state index in [1.165, 1.54) is 22.1 Å². The van der Waals surface area contributed by atoms with Crippen LogP contribution in [0.15, 0.2) is 72.0 Å². The van der Waals surface area contributed by atoms with Gasteiger partial charge in [-0.25, -0.2) is 19.7 Å². The number of benzene rings is 2. The lowest BCUT2D eigenvalue weighted by molar-refractivity contribution is -0.0511. The fourth-order valence-corrected chi connectivity index (χ4v) is 4.12. The number of aromatic nitrogens is 4. The van der Waals surface area contributed by atoms with Crippen molar-refractivity contribution >= 4 is 40.8 Å². The third-order valence-corrected chi connectivity index (χ3v) is 5.97. The molecule has 4 atom stereocenters. The molecule has 2 unspecified atom stereocenters. The first-order valence-corrected chi connectivity index (χ1v) is 12.1. The van der Waals surface area contributed by atoms with Gasteiger partial charge in [-0.2, -0.15) is 9.97 Å². The molecule has 4 aromatic rings.